The second-order valence-electron chi connectivity index (χ2n) is 4.93. The zero-order valence-electron chi connectivity index (χ0n) is 11.9. The van der Waals surface area contributed by atoms with E-state index >= 15 is 0 Å². The van der Waals surface area contributed by atoms with Crippen molar-refractivity contribution in [1.82, 2.24) is 4.72 Å². The van der Waals surface area contributed by atoms with Gasteiger partial charge in [-0.25, -0.2) is 13.1 Å². The maximum atomic E-state index is 12.5. The fourth-order valence-corrected chi connectivity index (χ4v) is 3.93. The third kappa shape index (κ3) is 3.97. The Morgan fingerprint density at radius 1 is 1.38 bits per heavy atom. The summed E-state index contributed by atoms with van der Waals surface area (Å²) in [5.74, 6) is 5.49. The quantitative estimate of drug-likeness (QED) is 0.821. The predicted octanol–water partition coefficient (Wildman–Crippen LogP) is 1.26. The Balaban J connectivity index is 2.34. The normalized spacial score (nSPS) is 15.5. The summed E-state index contributed by atoms with van der Waals surface area (Å²) in [5.41, 5.74) is 0.525. The molecule has 1 fully saturated rings. The summed E-state index contributed by atoms with van der Waals surface area (Å²) in [6.07, 6.45) is 3.83. The van der Waals surface area contributed by atoms with Gasteiger partial charge in [-0.15, -0.1) is 0 Å². The molecule has 0 heterocycles. The molecular formula is C15H19NO4S. The number of rotatable bonds is 4. The van der Waals surface area contributed by atoms with Crippen molar-refractivity contribution in [2.45, 2.75) is 36.6 Å². The van der Waals surface area contributed by atoms with Crippen LogP contribution in [-0.4, -0.2) is 33.3 Å². The van der Waals surface area contributed by atoms with Crippen LogP contribution in [0.1, 0.15) is 31.2 Å². The lowest BCUT2D eigenvalue weighted by Gasteiger charge is -2.15. The van der Waals surface area contributed by atoms with Gasteiger partial charge in [0.25, 0.3) is 0 Å². The van der Waals surface area contributed by atoms with Gasteiger partial charge in [0, 0.05) is 11.6 Å². The van der Waals surface area contributed by atoms with Crippen molar-refractivity contribution in [3.63, 3.8) is 0 Å². The van der Waals surface area contributed by atoms with E-state index in [-0.39, 0.29) is 23.3 Å². The Labute approximate surface area is 125 Å². The van der Waals surface area contributed by atoms with Crippen molar-refractivity contribution >= 4 is 10.0 Å². The number of ether oxygens (including phenoxy) is 1. The highest BCUT2D eigenvalue weighted by atomic mass is 32.2. The highest BCUT2D eigenvalue weighted by Crippen LogP contribution is 2.27. The number of aliphatic hydroxyl groups excluding tert-OH is 1. The standard InChI is InChI=1S/C15H19NO4S/c1-20-14-9-8-12(5-4-10-17)11-15(14)21(18,19)16-13-6-2-3-7-13/h8-9,11,13,16-17H,2-3,6-7,10H2,1H3. The second-order valence-corrected chi connectivity index (χ2v) is 6.61. The minimum Gasteiger partial charge on any atom is -0.495 e. The van der Waals surface area contributed by atoms with E-state index < -0.39 is 10.0 Å². The third-order valence-electron chi connectivity index (χ3n) is 3.44. The summed E-state index contributed by atoms with van der Waals surface area (Å²) in [6.45, 7) is -0.269. The maximum Gasteiger partial charge on any atom is 0.244 e. The predicted molar refractivity (Wildman–Crippen MR) is 79.5 cm³/mol. The molecule has 0 aromatic heterocycles. The van der Waals surface area contributed by atoms with E-state index in [9.17, 15) is 8.42 Å². The van der Waals surface area contributed by atoms with Crippen LogP contribution in [-0.2, 0) is 10.0 Å². The van der Waals surface area contributed by atoms with Gasteiger partial charge in [-0.1, -0.05) is 24.7 Å². The Morgan fingerprint density at radius 3 is 2.71 bits per heavy atom. The summed E-state index contributed by atoms with van der Waals surface area (Å²) in [6, 6.07) is 4.70. The van der Waals surface area contributed by atoms with Gasteiger partial charge in [0.15, 0.2) is 0 Å². The molecule has 2 N–H and O–H groups in total. The van der Waals surface area contributed by atoms with Crippen LogP contribution in [0.2, 0.25) is 0 Å². The van der Waals surface area contributed by atoms with Crippen molar-refractivity contribution in [1.29, 1.82) is 0 Å². The fourth-order valence-electron chi connectivity index (χ4n) is 2.43. The molecule has 0 bridgehead atoms. The lowest BCUT2D eigenvalue weighted by Crippen LogP contribution is -2.32. The molecule has 0 aliphatic heterocycles. The van der Waals surface area contributed by atoms with E-state index in [0.29, 0.717) is 5.56 Å². The van der Waals surface area contributed by atoms with Gasteiger partial charge in [-0.2, -0.15) is 0 Å². The number of sulfonamides is 1. The molecule has 1 aliphatic carbocycles. The molecule has 0 atom stereocenters. The van der Waals surface area contributed by atoms with Crippen molar-refractivity contribution in [2.24, 2.45) is 0 Å². The first kappa shape index (κ1) is 15.8. The second kappa shape index (κ2) is 6.94. The van der Waals surface area contributed by atoms with Gasteiger partial charge < -0.3 is 9.84 Å². The monoisotopic (exact) mass is 309 g/mol. The zero-order valence-corrected chi connectivity index (χ0v) is 12.7. The van der Waals surface area contributed by atoms with Gasteiger partial charge >= 0.3 is 0 Å². The van der Waals surface area contributed by atoms with Crippen LogP contribution in [0.15, 0.2) is 23.1 Å². The zero-order chi connectivity index (χ0) is 15.3. The molecule has 1 aromatic carbocycles. The maximum absolute atomic E-state index is 12.5. The minimum absolute atomic E-state index is 0.00751. The molecule has 0 saturated heterocycles. The van der Waals surface area contributed by atoms with E-state index in [4.69, 9.17) is 9.84 Å². The van der Waals surface area contributed by atoms with Crippen LogP contribution in [0.3, 0.4) is 0 Å². The van der Waals surface area contributed by atoms with Gasteiger partial charge in [0.05, 0.1) is 7.11 Å². The summed E-state index contributed by atoms with van der Waals surface area (Å²) < 4.78 is 32.9. The van der Waals surface area contributed by atoms with Gasteiger partial charge in [-0.05, 0) is 31.0 Å². The molecule has 1 saturated carbocycles. The number of hydrogen-bond acceptors (Lipinski definition) is 4. The first-order chi connectivity index (χ1) is 10.1. The molecule has 1 aliphatic rings. The van der Waals surface area contributed by atoms with E-state index in [1.807, 2.05) is 0 Å². The summed E-state index contributed by atoms with van der Waals surface area (Å²) >= 11 is 0. The van der Waals surface area contributed by atoms with E-state index in [2.05, 4.69) is 16.6 Å². The molecule has 0 amide bonds. The van der Waals surface area contributed by atoms with Crippen molar-refractivity contribution in [2.75, 3.05) is 13.7 Å². The van der Waals surface area contributed by atoms with Crippen molar-refractivity contribution in [3.05, 3.63) is 23.8 Å². The molecule has 114 valence electrons. The van der Waals surface area contributed by atoms with Crippen molar-refractivity contribution in [3.8, 4) is 17.6 Å². The molecule has 21 heavy (non-hydrogen) atoms. The van der Waals surface area contributed by atoms with Gasteiger partial charge in [-0.3, -0.25) is 0 Å². The third-order valence-corrected chi connectivity index (χ3v) is 4.98. The molecule has 5 nitrogen and oxygen atoms in total. The Kier molecular flexibility index (Phi) is 5.23. The van der Waals surface area contributed by atoms with Crippen LogP contribution in [0.4, 0.5) is 0 Å². The number of nitrogens with one attached hydrogen (secondary N) is 1. The molecule has 0 spiro atoms. The molecule has 6 heteroatoms. The largest absolute Gasteiger partial charge is 0.495 e. The Bertz CT molecular complexity index is 652. The van der Waals surface area contributed by atoms with E-state index in [0.717, 1.165) is 25.7 Å². The number of aliphatic hydroxyl groups is 1. The summed E-state index contributed by atoms with van der Waals surface area (Å²) in [4.78, 5) is 0.0849. The lowest BCUT2D eigenvalue weighted by atomic mass is 10.2. The topological polar surface area (TPSA) is 75.6 Å². The van der Waals surface area contributed by atoms with Crippen LogP contribution in [0, 0.1) is 11.8 Å². The lowest BCUT2D eigenvalue weighted by molar-refractivity contribution is 0.350. The van der Waals surface area contributed by atoms with Gasteiger partial charge in [0.2, 0.25) is 10.0 Å². The number of hydrogen-bond donors (Lipinski definition) is 2. The highest BCUT2D eigenvalue weighted by Gasteiger charge is 2.25. The minimum atomic E-state index is -3.64. The van der Waals surface area contributed by atoms with Crippen molar-refractivity contribution < 1.29 is 18.3 Å². The summed E-state index contributed by atoms with van der Waals surface area (Å²) in [7, 11) is -2.21. The van der Waals surface area contributed by atoms with Crippen LogP contribution in [0.5, 0.6) is 5.75 Å². The Hall–Kier alpha value is -1.55. The average Bonchev–Trinajstić information content (AvgIpc) is 2.97. The molecule has 2 rings (SSSR count). The molecule has 0 radical (unpaired) electrons. The average molecular weight is 309 g/mol. The van der Waals surface area contributed by atoms with Crippen LogP contribution in [0.25, 0.3) is 0 Å². The van der Waals surface area contributed by atoms with E-state index in [1.54, 1.807) is 12.1 Å². The smallest absolute Gasteiger partial charge is 0.244 e. The molecule has 0 unspecified atom stereocenters. The van der Waals surface area contributed by atoms with Gasteiger partial charge in [0.1, 0.15) is 17.3 Å². The number of methoxy groups -OCH3 is 1. The number of benzene rings is 1. The molecule has 1 aromatic rings. The Morgan fingerprint density at radius 2 is 2.10 bits per heavy atom. The van der Waals surface area contributed by atoms with Crippen LogP contribution < -0.4 is 9.46 Å². The van der Waals surface area contributed by atoms with E-state index in [1.165, 1.54) is 13.2 Å². The first-order valence-corrected chi connectivity index (χ1v) is 8.35. The summed E-state index contributed by atoms with van der Waals surface area (Å²) in [5, 5.41) is 8.72. The molecular weight excluding hydrogens is 290 g/mol. The SMILES string of the molecule is COc1ccc(C#CCO)cc1S(=O)(=O)NC1CCCC1. The highest BCUT2D eigenvalue weighted by molar-refractivity contribution is 7.89. The fraction of sp³-hybridized carbons (Fsp3) is 0.467. The van der Waals surface area contributed by atoms with Crippen LogP contribution >= 0.6 is 0 Å². The first-order valence-electron chi connectivity index (χ1n) is 6.87.